The van der Waals surface area contributed by atoms with Crippen molar-refractivity contribution in [3.05, 3.63) is 48.3 Å². The highest BCUT2D eigenvalue weighted by Gasteiger charge is 2.07. The zero-order valence-electron chi connectivity index (χ0n) is 10.0. The van der Waals surface area contributed by atoms with E-state index in [1.807, 2.05) is 42.7 Å². The lowest BCUT2D eigenvalue weighted by Gasteiger charge is -2.11. The fourth-order valence-electron chi connectivity index (χ4n) is 1.52. The molecular weight excluding hydrogens is 266 g/mol. The van der Waals surface area contributed by atoms with E-state index in [9.17, 15) is 0 Å². The molecule has 18 heavy (non-hydrogen) atoms. The normalized spacial score (nSPS) is 12.1. The minimum absolute atomic E-state index is 0.0705. The molecule has 94 valence electrons. The van der Waals surface area contributed by atoms with E-state index in [1.165, 1.54) is 0 Å². The maximum atomic E-state index is 6.32. The Morgan fingerprint density at radius 2 is 2.06 bits per heavy atom. The fraction of sp³-hybridized carbons (Fsp3) is 0.231. The molecule has 1 heterocycles. The third kappa shape index (κ3) is 3.62. The Morgan fingerprint density at radius 3 is 2.78 bits per heavy atom. The van der Waals surface area contributed by atoms with Gasteiger partial charge in [-0.25, -0.2) is 9.97 Å². The molecule has 2 aromatic rings. The molecule has 3 nitrogen and oxygen atoms in total. The number of benzene rings is 1. The van der Waals surface area contributed by atoms with E-state index in [1.54, 1.807) is 18.1 Å². The van der Waals surface area contributed by atoms with E-state index < -0.39 is 0 Å². The molecule has 0 aliphatic rings. The molecule has 1 aromatic carbocycles. The number of nitrogens with one attached hydrogen (secondary N) is 1. The number of thioether (sulfide) groups is 1. The summed E-state index contributed by atoms with van der Waals surface area (Å²) in [6, 6.07) is 11.9. The van der Waals surface area contributed by atoms with Gasteiger partial charge in [0.15, 0.2) is 0 Å². The number of hydrogen-bond donors (Lipinski definition) is 1. The van der Waals surface area contributed by atoms with Gasteiger partial charge in [-0.3, -0.25) is 0 Å². The van der Waals surface area contributed by atoms with E-state index >= 15 is 0 Å². The topological polar surface area (TPSA) is 37.8 Å². The smallest absolute Gasteiger partial charge is 0.130 e. The number of aromatic nitrogens is 2. The monoisotopic (exact) mass is 279 g/mol. The zero-order valence-corrected chi connectivity index (χ0v) is 11.6. The van der Waals surface area contributed by atoms with Crippen molar-refractivity contribution in [2.24, 2.45) is 0 Å². The zero-order chi connectivity index (χ0) is 12.8. The second-order valence-corrected chi connectivity index (χ2v) is 5.06. The van der Waals surface area contributed by atoms with Crippen LogP contribution in [0.1, 0.15) is 10.9 Å². The highest BCUT2D eigenvalue weighted by Crippen LogP contribution is 2.21. The average Bonchev–Trinajstić information content (AvgIpc) is 2.46. The Hall–Kier alpha value is -1.26. The number of rotatable bonds is 5. The lowest BCUT2D eigenvalue weighted by Crippen LogP contribution is -2.09. The number of alkyl halides is 1. The largest absolute Gasteiger partial charge is 0.368 e. The lowest BCUT2D eigenvalue weighted by molar-refractivity contribution is 0.952. The van der Waals surface area contributed by atoms with Gasteiger partial charge in [-0.05, 0) is 11.8 Å². The van der Waals surface area contributed by atoms with Crippen LogP contribution in [-0.2, 0) is 0 Å². The SMILES string of the molecule is CSc1cc(NCC(Cl)c2ccccc2)ncn1. The molecule has 1 aromatic heterocycles. The molecule has 1 atom stereocenters. The Balaban J connectivity index is 1.95. The Bertz CT molecular complexity index is 493. The first-order valence-electron chi connectivity index (χ1n) is 5.58. The molecule has 5 heteroatoms. The second kappa shape index (κ2) is 6.61. The first kappa shape index (κ1) is 13.2. The van der Waals surface area contributed by atoms with Gasteiger partial charge in [0.25, 0.3) is 0 Å². The predicted molar refractivity (Wildman–Crippen MR) is 77.3 cm³/mol. The van der Waals surface area contributed by atoms with Crippen LogP contribution >= 0.6 is 23.4 Å². The minimum Gasteiger partial charge on any atom is -0.368 e. The number of anilines is 1. The molecule has 0 fully saturated rings. The van der Waals surface area contributed by atoms with E-state index in [0.29, 0.717) is 6.54 Å². The van der Waals surface area contributed by atoms with Crippen molar-refractivity contribution in [2.45, 2.75) is 10.4 Å². The molecule has 1 unspecified atom stereocenters. The summed E-state index contributed by atoms with van der Waals surface area (Å²) in [5.41, 5.74) is 1.10. The third-order valence-corrected chi connectivity index (χ3v) is 3.52. The first-order valence-corrected chi connectivity index (χ1v) is 7.24. The summed E-state index contributed by atoms with van der Waals surface area (Å²) < 4.78 is 0. The van der Waals surface area contributed by atoms with E-state index in [2.05, 4.69) is 15.3 Å². The summed E-state index contributed by atoms with van der Waals surface area (Å²) in [5.74, 6) is 0.802. The summed E-state index contributed by atoms with van der Waals surface area (Å²) in [4.78, 5) is 8.28. The number of hydrogen-bond acceptors (Lipinski definition) is 4. The predicted octanol–water partition coefficient (Wildman–Crippen LogP) is 3.59. The maximum Gasteiger partial charge on any atom is 0.130 e. The van der Waals surface area contributed by atoms with Crippen molar-refractivity contribution in [1.82, 2.24) is 9.97 Å². The van der Waals surface area contributed by atoms with Gasteiger partial charge < -0.3 is 5.32 Å². The van der Waals surface area contributed by atoms with E-state index in [0.717, 1.165) is 16.4 Å². The van der Waals surface area contributed by atoms with Crippen molar-refractivity contribution in [3.63, 3.8) is 0 Å². The summed E-state index contributed by atoms with van der Waals surface area (Å²) in [6.45, 7) is 0.635. The highest BCUT2D eigenvalue weighted by molar-refractivity contribution is 7.98. The summed E-state index contributed by atoms with van der Waals surface area (Å²) >= 11 is 7.91. The molecule has 0 aliphatic carbocycles. The van der Waals surface area contributed by atoms with Crippen molar-refractivity contribution in [3.8, 4) is 0 Å². The van der Waals surface area contributed by atoms with Gasteiger partial charge in [0, 0.05) is 12.6 Å². The van der Waals surface area contributed by atoms with Crippen LogP contribution in [0.5, 0.6) is 0 Å². The van der Waals surface area contributed by atoms with Crippen LogP contribution in [-0.4, -0.2) is 22.8 Å². The Morgan fingerprint density at radius 1 is 1.28 bits per heavy atom. The second-order valence-electron chi connectivity index (χ2n) is 3.70. The third-order valence-electron chi connectivity index (χ3n) is 2.47. The summed E-state index contributed by atoms with van der Waals surface area (Å²) in [7, 11) is 0. The lowest BCUT2D eigenvalue weighted by atomic mass is 10.1. The van der Waals surface area contributed by atoms with Crippen molar-refractivity contribution in [2.75, 3.05) is 18.1 Å². The van der Waals surface area contributed by atoms with Gasteiger partial charge in [0.2, 0.25) is 0 Å². The quantitative estimate of drug-likeness (QED) is 0.516. The van der Waals surface area contributed by atoms with E-state index in [-0.39, 0.29) is 5.38 Å². The van der Waals surface area contributed by atoms with Gasteiger partial charge in [-0.2, -0.15) is 0 Å². The van der Waals surface area contributed by atoms with E-state index in [4.69, 9.17) is 11.6 Å². The first-order chi connectivity index (χ1) is 8.79. The summed E-state index contributed by atoms with van der Waals surface area (Å²) in [5, 5.41) is 4.09. The molecule has 0 spiro atoms. The van der Waals surface area contributed by atoms with Crippen LogP contribution in [0.4, 0.5) is 5.82 Å². The van der Waals surface area contributed by atoms with Crippen LogP contribution < -0.4 is 5.32 Å². The van der Waals surface area contributed by atoms with Crippen molar-refractivity contribution < 1.29 is 0 Å². The Kier molecular flexibility index (Phi) is 4.84. The fourth-order valence-corrected chi connectivity index (χ4v) is 2.13. The molecule has 0 saturated heterocycles. The van der Waals surface area contributed by atoms with Gasteiger partial charge in [0.05, 0.1) is 5.38 Å². The standard InChI is InChI=1S/C13H14ClN3S/c1-18-13-7-12(16-9-17-13)15-8-11(14)10-5-3-2-4-6-10/h2-7,9,11H,8H2,1H3,(H,15,16,17). The van der Waals surface area contributed by atoms with Gasteiger partial charge in [0.1, 0.15) is 17.2 Å². The van der Waals surface area contributed by atoms with Crippen molar-refractivity contribution >= 4 is 29.2 Å². The maximum absolute atomic E-state index is 6.32. The molecule has 1 N–H and O–H groups in total. The molecule has 2 rings (SSSR count). The molecule has 0 saturated carbocycles. The van der Waals surface area contributed by atoms with Gasteiger partial charge >= 0.3 is 0 Å². The Labute approximate surface area is 116 Å². The summed E-state index contributed by atoms with van der Waals surface area (Å²) in [6.07, 6.45) is 3.54. The van der Waals surface area contributed by atoms with Crippen molar-refractivity contribution in [1.29, 1.82) is 0 Å². The van der Waals surface area contributed by atoms with Crippen LogP contribution in [0.2, 0.25) is 0 Å². The minimum atomic E-state index is -0.0705. The van der Waals surface area contributed by atoms with Crippen LogP contribution in [0, 0.1) is 0 Å². The highest BCUT2D eigenvalue weighted by atomic mass is 35.5. The van der Waals surface area contributed by atoms with Crippen LogP contribution in [0.3, 0.4) is 0 Å². The molecule has 0 amide bonds. The number of halogens is 1. The van der Waals surface area contributed by atoms with Gasteiger partial charge in [-0.15, -0.1) is 23.4 Å². The van der Waals surface area contributed by atoms with Crippen LogP contribution in [0.15, 0.2) is 47.8 Å². The number of nitrogens with zero attached hydrogens (tertiary/aromatic N) is 2. The van der Waals surface area contributed by atoms with Gasteiger partial charge in [-0.1, -0.05) is 30.3 Å². The average molecular weight is 280 g/mol. The van der Waals surface area contributed by atoms with Crippen LogP contribution in [0.25, 0.3) is 0 Å². The molecule has 0 bridgehead atoms. The molecule has 0 aliphatic heterocycles. The molecule has 0 radical (unpaired) electrons. The molecular formula is C13H14ClN3S.